The zero-order chi connectivity index (χ0) is 11.1. The summed E-state index contributed by atoms with van der Waals surface area (Å²) >= 11 is 0. The van der Waals surface area contributed by atoms with E-state index in [0.717, 1.165) is 6.42 Å². The van der Waals surface area contributed by atoms with Crippen LogP contribution in [0.3, 0.4) is 0 Å². The van der Waals surface area contributed by atoms with Gasteiger partial charge in [-0.1, -0.05) is 13.8 Å². The Labute approximate surface area is 84.4 Å². The molecule has 0 bridgehead atoms. The van der Waals surface area contributed by atoms with Crippen molar-refractivity contribution in [2.45, 2.75) is 32.7 Å². The van der Waals surface area contributed by atoms with Crippen LogP contribution in [-0.4, -0.2) is 35.8 Å². The van der Waals surface area contributed by atoms with E-state index < -0.39 is 11.9 Å². The summed E-state index contributed by atoms with van der Waals surface area (Å²) in [5.41, 5.74) is 10.3. The molecule has 5 heteroatoms. The zero-order valence-electron chi connectivity index (χ0n) is 8.82. The number of hydrogen-bond acceptors (Lipinski definition) is 3. The molecule has 0 spiro atoms. The highest BCUT2D eigenvalue weighted by Crippen LogP contribution is 2.16. The molecule has 0 aliphatic carbocycles. The molecule has 1 fully saturated rings. The van der Waals surface area contributed by atoms with Crippen LogP contribution in [0.25, 0.3) is 0 Å². The van der Waals surface area contributed by atoms with Gasteiger partial charge in [-0.2, -0.15) is 0 Å². The van der Waals surface area contributed by atoms with Crippen molar-refractivity contribution < 1.29 is 9.59 Å². The summed E-state index contributed by atoms with van der Waals surface area (Å²) in [7, 11) is 0. The largest absolute Gasteiger partial charge is 0.368 e. The molecular formula is C9H19N3O2. The van der Waals surface area contributed by atoms with E-state index >= 15 is 0 Å². The van der Waals surface area contributed by atoms with Crippen LogP contribution in [0.4, 0.5) is 0 Å². The number of carbonyl (C=O) groups excluding carboxylic acids is 2. The predicted molar refractivity (Wildman–Crippen MR) is 54.3 cm³/mol. The third kappa shape index (κ3) is 2.99. The minimum Gasteiger partial charge on any atom is -0.368 e. The SMILES string of the molecule is CC.NCC(=O)N1CCC[C@H]1C(N)=O. The predicted octanol–water partition coefficient (Wildman–Crippen LogP) is -0.552. The Morgan fingerprint density at radius 2 is 2.00 bits per heavy atom. The van der Waals surface area contributed by atoms with E-state index in [4.69, 9.17) is 11.5 Å². The van der Waals surface area contributed by atoms with E-state index in [2.05, 4.69) is 0 Å². The third-order valence-electron chi connectivity index (χ3n) is 2.08. The standard InChI is InChI=1S/C7H13N3O2.C2H6/c8-4-6(11)10-3-1-2-5(10)7(9)12;1-2/h5H,1-4,8H2,(H2,9,12);1-2H3/t5-;/m0./s1. The molecule has 82 valence electrons. The van der Waals surface area contributed by atoms with Crippen LogP contribution in [0.2, 0.25) is 0 Å². The van der Waals surface area contributed by atoms with Crippen LogP contribution in [0, 0.1) is 0 Å². The van der Waals surface area contributed by atoms with Gasteiger partial charge in [-0.05, 0) is 12.8 Å². The number of primary amides is 1. The van der Waals surface area contributed by atoms with Gasteiger partial charge in [-0.25, -0.2) is 0 Å². The first-order valence-electron chi connectivity index (χ1n) is 4.95. The highest BCUT2D eigenvalue weighted by Gasteiger charge is 2.31. The van der Waals surface area contributed by atoms with E-state index in [1.807, 2.05) is 13.8 Å². The minimum absolute atomic E-state index is 0.0518. The average molecular weight is 201 g/mol. The average Bonchev–Trinajstić information content (AvgIpc) is 2.68. The second kappa shape index (κ2) is 6.37. The van der Waals surface area contributed by atoms with Gasteiger partial charge in [0.15, 0.2) is 0 Å². The maximum absolute atomic E-state index is 11.1. The smallest absolute Gasteiger partial charge is 0.240 e. The molecule has 4 N–H and O–H groups in total. The molecule has 1 rings (SSSR count). The van der Waals surface area contributed by atoms with Gasteiger partial charge in [-0.15, -0.1) is 0 Å². The van der Waals surface area contributed by atoms with E-state index in [9.17, 15) is 9.59 Å². The molecule has 0 unspecified atom stereocenters. The molecule has 1 saturated heterocycles. The monoisotopic (exact) mass is 201 g/mol. The van der Waals surface area contributed by atoms with E-state index in [-0.39, 0.29) is 12.5 Å². The van der Waals surface area contributed by atoms with Gasteiger partial charge in [0.05, 0.1) is 6.54 Å². The molecule has 0 aromatic heterocycles. The molecule has 1 aliphatic heterocycles. The molecule has 0 aromatic carbocycles. The fourth-order valence-corrected chi connectivity index (χ4v) is 1.48. The molecule has 14 heavy (non-hydrogen) atoms. The Balaban J connectivity index is 0.000000791. The summed E-state index contributed by atoms with van der Waals surface area (Å²) < 4.78 is 0. The van der Waals surface area contributed by atoms with Gasteiger partial charge in [-0.3, -0.25) is 9.59 Å². The van der Waals surface area contributed by atoms with Crippen molar-refractivity contribution in [1.29, 1.82) is 0 Å². The van der Waals surface area contributed by atoms with Gasteiger partial charge in [0, 0.05) is 6.54 Å². The van der Waals surface area contributed by atoms with E-state index in [1.165, 1.54) is 4.90 Å². The van der Waals surface area contributed by atoms with Crippen LogP contribution in [0.1, 0.15) is 26.7 Å². The number of hydrogen-bond donors (Lipinski definition) is 2. The summed E-state index contributed by atoms with van der Waals surface area (Å²) in [5, 5.41) is 0. The summed E-state index contributed by atoms with van der Waals surface area (Å²) in [4.78, 5) is 23.4. The first-order chi connectivity index (χ1) is 6.66. The second-order valence-corrected chi connectivity index (χ2v) is 2.85. The number of carbonyl (C=O) groups is 2. The topological polar surface area (TPSA) is 89.4 Å². The fraction of sp³-hybridized carbons (Fsp3) is 0.778. The Bertz CT molecular complexity index is 206. The second-order valence-electron chi connectivity index (χ2n) is 2.85. The highest BCUT2D eigenvalue weighted by atomic mass is 16.2. The van der Waals surface area contributed by atoms with E-state index in [1.54, 1.807) is 0 Å². The van der Waals surface area contributed by atoms with Crippen LogP contribution in [0.5, 0.6) is 0 Å². The Kier molecular flexibility index (Phi) is 5.87. The molecule has 1 atom stereocenters. The molecule has 1 aliphatic rings. The van der Waals surface area contributed by atoms with Crippen molar-refractivity contribution in [2.24, 2.45) is 11.5 Å². The fourth-order valence-electron chi connectivity index (χ4n) is 1.48. The maximum atomic E-state index is 11.1. The Hall–Kier alpha value is -1.10. The molecule has 0 saturated carbocycles. The first kappa shape index (κ1) is 12.9. The number of nitrogens with zero attached hydrogens (tertiary/aromatic N) is 1. The van der Waals surface area contributed by atoms with Crippen molar-refractivity contribution in [1.82, 2.24) is 4.90 Å². The van der Waals surface area contributed by atoms with Crippen LogP contribution in [-0.2, 0) is 9.59 Å². The van der Waals surface area contributed by atoms with Crippen molar-refractivity contribution in [3.05, 3.63) is 0 Å². The van der Waals surface area contributed by atoms with Crippen molar-refractivity contribution in [2.75, 3.05) is 13.1 Å². The third-order valence-corrected chi connectivity index (χ3v) is 2.08. The van der Waals surface area contributed by atoms with Crippen LogP contribution in [0.15, 0.2) is 0 Å². The molecular weight excluding hydrogens is 182 g/mol. The van der Waals surface area contributed by atoms with Gasteiger partial charge in [0.25, 0.3) is 0 Å². The number of amides is 2. The lowest BCUT2D eigenvalue weighted by Crippen LogP contribution is -2.45. The Morgan fingerprint density at radius 1 is 1.43 bits per heavy atom. The zero-order valence-corrected chi connectivity index (χ0v) is 8.82. The van der Waals surface area contributed by atoms with E-state index in [0.29, 0.717) is 13.0 Å². The van der Waals surface area contributed by atoms with Gasteiger partial charge >= 0.3 is 0 Å². The summed E-state index contributed by atoms with van der Waals surface area (Å²) in [5.74, 6) is -0.634. The lowest BCUT2D eigenvalue weighted by atomic mass is 10.2. The quantitative estimate of drug-likeness (QED) is 0.628. The maximum Gasteiger partial charge on any atom is 0.240 e. The lowest BCUT2D eigenvalue weighted by Gasteiger charge is -2.20. The van der Waals surface area contributed by atoms with Crippen LogP contribution >= 0.6 is 0 Å². The number of nitrogens with two attached hydrogens (primary N) is 2. The molecule has 0 radical (unpaired) electrons. The van der Waals surface area contributed by atoms with Gasteiger partial charge in [0.1, 0.15) is 6.04 Å². The number of rotatable bonds is 2. The normalized spacial score (nSPS) is 19.9. The van der Waals surface area contributed by atoms with Crippen molar-refractivity contribution in [3.63, 3.8) is 0 Å². The molecule has 2 amide bonds. The van der Waals surface area contributed by atoms with Crippen molar-refractivity contribution >= 4 is 11.8 Å². The van der Waals surface area contributed by atoms with Crippen LogP contribution < -0.4 is 11.5 Å². The van der Waals surface area contributed by atoms with Gasteiger partial charge in [0.2, 0.25) is 11.8 Å². The lowest BCUT2D eigenvalue weighted by molar-refractivity contribution is -0.136. The minimum atomic E-state index is -0.436. The van der Waals surface area contributed by atoms with Crippen molar-refractivity contribution in [3.8, 4) is 0 Å². The molecule has 0 aromatic rings. The first-order valence-corrected chi connectivity index (χ1v) is 4.95. The molecule has 5 nitrogen and oxygen atoms in total. The highest BCUT2D eigenvalue weighted by molar-refractivity contribution is 5.87. The summed E-state index contributed by atoms with van der Waals surface area (Å²) in [6.07, 6.45) is 1.50. The van der Waals surface area contributed by atoms with Gasteiger partial charge < -0.3 is 16.4 Å². The summed E-state index contributed by atoms with van der Waals surface area (Å²) in [6.45, 7) is 4.55. The number of likely N-dealkylation sites (tertiary alicyclic amines) is 1. The summed E-state index contributed by atoms with van der Waals surface area (Å²) in [6, 6.07) is -0.430. The Morgan fingerprint density at radius 3 is 2.43 bits per heavy atom. The molecule has 1 heterocycles.